The third-order valence-corrected chi connectivity index (χ3v) is 4.64. The Balaban J connectivity index is 1.69. The standard InChI is InChI=1S/C19H36N4O2/c1-5-20-17(21-13-12-14-6-7-14)22-15-8-10-16(11-9-15)23-18(24)25-19(2,3)4/h14-16H,5-13H2,1-4H3,(H,23,24)(H2,20,21,22). The quantitative estimate of drug-likeness (QED) is 0.507. The van der Waals surface area contributed by atoms with Crippen LogP contribution in [0.1, 0.15) is 72.6 Å². The van der Waals surface area contributed by atoms with Crippen LogP contribution in [-0.2, 0) is 4.74 Å². The molecule has 0 aliphatic heterocycles. The van der Waals surface area contributed by atoms with Crippen molar-refractivity contribution in [1.82, 2.24) is 16.0 Å². The molecule has 6 nitrogen and oxygen atoms in total. The number of hydrogen-bond donors (Lipinski definition) is 3. The minimum absolute atomic E-state index is 0.210. The van der Waals surface area contributed by atoms with E-state index in [9.17, 15) is 4.79 Å². The van der Waals surface area contributed by atoms with E-state index in [1.165, 1.54) is 19.3 Å². The van der Waals surface area contributed by atoms with Gasteiger partial charge in [0, 0.05) is 25.2 Å². The van der Waals surface area contributed by atoms with Crippen LogP contribution >= 0.6 is 0 Å². The minimum atomic E-state index is -0.444. The number of hydrogen-bond acceptors (Lipinski definition) is 3. The van der Waals surface area contributed by atoms with E-state index >= 15 is 0 Å². The number of alkyl carbamates (subject to hydrolysis) is 1. The molecule has 25 heavy (non-hydrogen) atoms. The average molecular weight is 353 g/mol. The van der Waals surface area contributed by atoms with E-state index in [4.69, 9.17) is 9.73 Å². The Morgan fingerprint density at radius 2 is 1.64 bits per heavy atom. The fourth-order valence-electron chi connectivity index (χ4n) is 3.14. The van der Waals surface area contributed by atoms with Crippen LogP contribution in [0.4, 0.5) is 4.79 Å². The van der Waals surface area contributed by atoms with Gasteiger partial charge < -0.3 is 20.7 Å². The van der Waals surface area contributed by atoms with E-state index in [0.29, 0.717) is 6.04 Å². The van der Waals surface area contributed by atoms with Crippen molar-refractivity contribution >= 4 is 12.1 Å². The van der Waals surface area contributed by atoms with Gasteiger partial charge in [-0.1, -0.05) is 12.8 Å². The molecule has 0 heterocycles. The van der Waals surface area contributed by atoms with Gasteiger partial charge in [0.1, 0.15) is 5.60 Å². The molecular formula is C19H36N4O2. The molecule has 0 aromatic rings. The maximum absolute atomic E-state index is 11.9. The van der Waals surface area contributed by atoms with Crippen LogP contribution in [0.25, 0.3) is 0 Å². The van der Waals surface area contributed by atoms with Crippen molar-refractivity contribution in [2.45, 2.75) is 90.3 Å². The van der Waals surface area contributed by atoms with Crippen molar-refractivity contribution in [3.05, 3.63) is 0 Å². The number of amides is 1. The number of rotatable bonds is 6. The van der Waals surface area contributed by atoms with E-state index in [1.54, 1.807) is 0 Å². The molecule has 6 heteroatoms. The van der Waals surface area contributed by atoms with Crippen molar-refractivity contribution in [2.75, 3.05) is 13.1 Å². The number of nitrogens with one attached hydrogen (secondary N) is 3. The summed E-state index contributed by atoms with van der Waals surface area (Å²) >= 11 is 0. The SMILES string of the molecule is CCNC(=NCCC1CC1)NC1CCC(NC(=O)OC(C)(C)C)CC1. The van der Waals surface area contributed by atoms with Crippen LogP contribution in [0.5, 0.6) is 0 Å². The second kappa shape index (κ2) is 9.30. The summed E-state index contributed by atoms with van der Waals surface area (Å²) < 4.78 is 5.34. The lowest BCUT2D eigenvalue weighted by Crippen LogP contribution is -2.48. The van der Waals surface area contributed by atoms with Crippen LogP contribution in [0.2, 0.25) is 0 Å². The lowest BCUT2D eigenvalue weighted by Gasteiger charge is -2.31. The summed E-state index contributed by atoms with van der Waals surface area (Å²) in [5.41, 5.74) is -0.444. The predicted molar refractivity (Wildman–Crippen MR) is 102 cm³/mol. The summed E-state index contributed by atoms with van der Waals surface area (Å²) in [7, 11) is 0. The van der Waals surface area contributed by atoms with E-state index in [-0.39, 0.29) is 12.1 Å². The number of ether oxygens (including phenoxy) is 1. The first-order valence-electron chi connectivity index (χ1n) is 9.90. The van der Waals surface area contributed by atoms with Crippen molar-refractivity contribution in [1.29, 1.82) is 0 Å². The molecule has 0 radical (unpaired) electrons. The van der Waals surface area contributed by atoms with Gasteiger partial charge in [-0.15, -0.1) is 0 Å². The number of nitrogens with zero attached hydrogens (tertiary/aromatic N) is 1. The molecule has 2 aliphatic carbocycles. The molecule has 2 aliphatic rings. The van der Waals surface area contributed by atoms with Crippen molar-refractivity contribution in [3.63, 3.8) is 0 Å². The molecule has 1 amide bonds. The third kappa shape index (κ3) is 8.45. The molecule has 0 aromatic heterocycles. The Morgan fingerprint density at radius 3 is 2.16 bits per heavy atom. The molecule has 3 N–H and O–H groups in total. The first kappa shape index (κ1) is 19.9. The fraction of sp³-hybridized carbons (Fsp3) is 0.895. The zero-order valence-corrected chi connectivity index (χ0v) is 16.4. The van der Waals surface area contributed by atoms with Crippen molar-refractivity contribution in [2.24, 2.45) is 10.9 Å². The molecule has 0 spiro atoms. The van der Waals surface area contributed by atoms with Crippen LogP contribution in [0.3, 0.4) is 0 Å². The summed E-state index contributed by atoms with van der Waals surface area (Å²) in [6, 6.07) is 0.637. The Morgan fingerprint density at radius 1 is 1.04 bits per heavy atom. The largest absolute Gasteiger partial charge is 0.444 e. The van der Waals surface area contributed by atoms with Crippen molar-refractivity contribution < 1.29 is 9.53 Å². The second-order valence-corrected chi connectivity index (χ2v) is 8.33. The maximum atomic E-state index is 11.9. The molecule has 2 rings (SSSR count). The smallest absolute Gasteiger partial charge is 0.407 e. The third-order valence-electron chi connectivity index (χ3n) is 4.64. The van der Waals surface area contributed by atoms with Crippen molar-refractivity contribution in [3.8, 4) is 0 Å². The van der Waals surface area contributed by atoms with Crippen LogP contribution < -0.4 is 16.0 Å². The summed E-state index contributed by atoms with van der Waals surface area (Å²) in [5.74, 6) is 1.85. The van der Waals surface area contributed by atoms with Crippen LogP contribution in [0, 0.1) is 5.92 Å². The lowest BCUT2D eigenvalue weighted by molar-refractivity contribution is 0.0490. The number of aliphatic imine (C=N–C) groups is 1. The molecule has 2 saturated carbocycles. The summed E-state index contributed by atoms with van der Waals surface area (Å²) in [5, 5.41) is 9.89. The number of carbonyl (C=O) groups is 1. The summed E-state index contributed by atoms with van der Waals surface area (Å²) in [6.07, 6.45) is 7.68. The van der Waals surface area contributed by atoms with E-state index in [0.717, 1.165) is 50.7 Å². The highest BCUT2D eigenvalue weighted by atomic mass is 16.6. The Hall–Kier alpha value is -1.46. The van der Waals surface area contributed by atoms with Crippen LogP contribution in [-0.4, -0.2) is 42.8 Å². The van der Waals surface area contributed by atoms with Gasteiger partial charge in [-0.2, -0.15) is 0 Å². The zero-order chi connectivity index (χ0) is 18.3. The van der Waals surface area contributed by atoms with Gasteiger partial charge in [0.2, 0.25) is 0 Å². The predicted octanol–water partition coefficient (Wildman–Crippen LogP) is 3.18. The topological polar surface area (TPSA) is 74.8 Å². The second-order valence-electron chi connectivity index (χ2n) is 8.33. The summed E-state index contributed by atoms with van der Waals surface area (Å²) in [4.78, 5) is 16.6. The Bertz CT molecular complexity index is 447. The molecule has 0 bridgehead atoms. The highest BCUT2D eigenvalue weighted by molar-refractivity contribution is 5.80. The van der Waals surface area contributed by atoms with Gasteiger partial charge in [-0.3, -0.25) is 4.99 Å². The average Bonchev–Trinajstić information content (AvgIpc) is 3.31. The van der Waals surface area contributed by atoms with Gasteiger partial charge in [0.25, 0.3) is 0 Å². The number of carbonyl (C=O) groups excluding carboxylic acids is 1. The van der Waals surface area contributed by atoms with Gasteiger partial charge in [0.05, 0.1) is 0 Å². The highest BCUT2D eigenvalue weighted by Crippen LogP contribution is 2.32. The van der Waals surface area contributed by atoms with Crippen LogP contribution in [0.15, 0.2) is 4.99 Å². The highest BCUT2D eigenvalue weighted by Gasteiger charge is 2.25. The first-order chi connectivity index (χ1) is 11.9. The Kier molecular flexibility index (Phi) is 7.38. The number of guanidine groups is 1. The van der Waals surface area contributed by atoms with Gasteiger partial charge >= 0.3 is 6.09 Å². The normalized spacial score (nSPS) is 24.6. The molecule has 144 valence electrons. The molecule has 0 aromatic carbocycles. The fourth-order valence-corrected chi connectivity index (χ4v) is 3.14. The van der Waals surface area contributed by atoms with Gasteiger partial charge in [-0.05, 0) is 65.7 Å². The molecular weight excluding hydrogens is 316 g/mol. The monoisotopic (exact) mass is 352 g/mol. The molecule has 2 fully saturated rings. The minimum Gasteiger partial charge on any atom is -0.444 e. The lowest BCUT2D eigenvalue weighted by atomic mass is 9.91. The maximum Gasteiger partial charge on any atom is 0.407 e. The van der Waals surface area contributed by atoms with Gasteiger partial charge in [-0.25, -0.2) is 4.79 Å². The van der Waals surface area contributed by atoms with E-state index < -0.39 is 5.60 Å². The van der Waals surface area contributed by atoms with E-state index in [2.05, 4.69) is 22.9 Å². The molecule has 0 unspecified atom stereocenters. The first-order valence-corrected chi connectivity index (χ1v) is 9.90. The molecule has 0 atom stereocenters. The Labute approximate surface area is 152 Å². The summed E-state index contributed by atoms with van der Waals surface area (Å²) in [6.45, 7) is 9.55. The van der Waals surface area contributed by atoms with Gasteiger partial charge in [0.15, 0.2) is 5.96 Å². The zero-order valence-electron chi connectivity index (χ0n) is 16.4. The van der Waals surface area contributed by atoms with E-state index in [1.807, 2.05) is 20.8 Å². The molecule has 0 saturated heterocycles.